The van der Waals surface area contributed by atoms with E-state index >= 15 is 0 Å². The Morgan fingerprint density at radius 1 is 1.25 bits per heavy atom. The molecule has 0 bridgehead atoms. The van der Waals surface area contributed by atoms with Crippen LogP contribution in [-0.2, 0) is 18.6 Å². The van der Waals surface area contributed by atoms with Crippen LogP contribution in [0.5, 0.6) is 0 Å². The summed E-state index contributed by atoms with van der Waals surface area (Å²) in [5.74, 6) is 3.50. The van der Waals surface area contributed by atoms with Crippen molar-refractivity contribution in [2.45, 2.75) is 0 Å². The second kappa shape index (κ2) is 46.9. The summed E-state index contributed by atoms with van der Waals surface area (Å²) in [6.07, 6.45) is 0. The minimum Gasteiger partial charge on any atom is -0.320 e. The van der Waals surface area contributed by atoms with Crippen LogP contribution in [0.25, 0.3) is 0 Å². The minimum atomic E-state index is 0. The molecule has 2 nitrogen and oxygen atoms in total. The Balaban J connectivity index is -0.00000000500. The van der Waals surface area contributed by atoms with E-state index in [0.29, 0.717) is 0 Å². The standard InChI is InChI=1S/ClH.H3NO.V/c;1-2;/h1H;2H,1H2;. The average molecular weight is 120 g/mol. The van der Waals surface area contributed by atoms with Gasteiger partial charge < -0.3 is 5.21 Å². The third-order valence-corrected chi connectivity index (χ3v) is 0. The van der Waals surface area contributed by atoms with Crippen molar-refractivity contribution >= 4 is 12.4 Å². The molecule has 0 fully saturated rings. The summed E-state index contributed by atoms with van der Waals surface area (Å²) in [6.45, 7) is 0. The fraction of sp³-hybridized carbons (Fsp3) is 0. The first-order valence-electron chi connectivity index (χ1n) is 0.258. The molecular formula is H4ClNOV. The van der Waals surface area contributed by atoms with E-state index in [1.807, 2.05) is 0 Å². The maximum Gasteiger partial charge on any atom is 0 e. The van der Waals surface area contributed by atoms with E-state index in [0.717, 1.165) is 0 Å². The fourth-order valence-electron chi connectivity index (χ4n) is 0. The molecule has 0 heterocycles. The molecule has 1 radical (unpaired) electrons. The van der Waals surface area contributed by atoms with Gasteiger partial charge in [-0.05, 0) is 0 Å². The Labute approximate surface area is 42.6 Å². The number of rotatable bonds is 0. The molecule has 0 aromatic heterocycles. The van der Waals surface area contributed by atoms with Crippen LogP contribution in [0.3, 0.4) is 0 Å². The Hall–Kier alpha value is 0.794. The summed E-state index contributed by atoms with van der Waals surface area (Å²) < 4.78 is 0. The van der Waals surface area contributed by atoms with Crippen LogP contribution in [0.2, 0.25) is 0 Å². The first kappa shape index (κ1) is 21.4. The van der Waals surface area contributed by atoms with Gasteiger partial charge in [-0.3, -0.25) is 0 Å². The molecule has 0 amide bonds. The number of halogens is 1. The molecular weight excluding hydrogens is 116 g/mol. The van der Waals surface area contributed by atoms with Crippen molar-refractivity contribution in [2.24, 2.45) is 5.90 Å². The molecule has 4 heteroatoms. The van der Waals surface area contributed by atoms with Gasteiger partial charge in [0.25, 0.3) is 0 Å². The molecule has 0 spiro atoms. The largest absolute Gasteiger partial charge is 0.320 e. The average Bonchev–Trinajstić information content (AvgIpc) is 1.00. The van der Waals surface area contributed by atoms with Crippen LogP contribution in [0.15, 0.2) is 0 Å². The van der Waals surface area contributed by atoms with Crippen molar-refractivity contribution < 1.29 is 23.8 Å². The minimum absolute atomic E-state index is 0. The molecule has 0 unspecified atom stereocenters. The SMILES string of the molecule is Cl.NO.[V]. The summed E-state index contributed by atoms with van der Waals surface area (Å²) in [5, 5.41) is 6.50. The molecule has 0 aromatic rings. The van der Waals surface area contributed by atoms with Crippen LogP contribution < -0.4 is 5.90 Å². The van der Waals surface area contributed by atoms with Gasteiger partial charge in [0, 0.05) is 18.6 Å². The van der Waals surface area contributed by atoms with Crippen LogP contribution in [-0.4, -0.2) is 5.21 Å². The van der Waals surface area contributed by atoms with Crippen molar-refractivity contribution in [3.05, 3.63) is 0 Å². The van der Waals surface area contributed by atoms with Gasteiger partial charge >= 0.3 is 0 Å². The van der Waals surface area contributed by atoms with Gasteiger partial charge in [0.15, 0.2) is 0 Å². The first-order chi connectivity index (χ1) is 1.00. The third kappa shape index (κ3) is 14.3. The van der Waals surface area contributed by atoms with Gasteiger partial charge in [0.1, 0.15) is 0 Å². The summed E-state index contributed by atoms with van der Waals surface area (Å²) >= 11 is 0. The van der Waals surface area contributed by atoms with Crippen molar-refractivity contribution in [1.29, 1.82) is 0 Å². The van der Waals surface area contributed by atoms with E-state index < -0.39 is 0 Å². The van der Waals surface area contributed by atoms with Gasteiger partial charge in [-0.15, -0.1) is 12.4 Å². The summed E-state index contributed by atoms with van der Waals surface area (Å²) in [5.41, 5.74) is 0. The predicted molar refractivity (Wildman–Crippen MR) is 13.2 cm³/mol. The monoisotopic (exact) mass is 120 g/mol. The summed E-state index contributed by atoms with van der Waals surface area (Å²) in [6, 6.07) is 0. The molecule has 0 aromatic carbocycles. The van der Waals surface area contributed by atoms with Crippen molar-refractivity contribution in [3.8, 4) is 0 Å². The van der Waals surface area contributed by atoms with E-state index in [9.17, 15) is 0 Å². The fourth-order valence-corrected chi connectivity index (χ4v) is 0. The van der Waals surface area contributed by atoms with Gasteiger partial charge in [0.2, 0.25) is 0 Å². The molecule has 0 aliphatic heterocycles. The zero-order valence-electron chi connectivity index (χ0n) is 1.88. The predicted octanol–water partition coefficient (Wildman–Crippen LogP) is -0.246. The normalized spacial score (nSPS) is 1.50. The zero-order valence-corrected chi connectivity index (χ0v) is 4.09. The van der Waals surface area contributed by atoms with Crippen LogP contribution in [0.4, 0.5) is 0 Å². The number of hydrogen-bond donors (Lipinski definition) is 2. The molecule has 0 saturated heterocycles. The Bertz CT molecular complexity index is 8.00. The van der Waals surface area contributed by atoms with Crippen LogP contribution >= 0.6 is 12.4 Å². The first-order valence-corrected chi connectivity index (χ1v) is 0.258. The Morgan fingerprint density at radius 3 is 1.25 bits per heavy atom. The molecule has 4 heavy (non-hydrogen) atoms. The number of nitrogens with two attached hydrogens (primary N) is 1. The van der Waals surface area contributed by atoms with E-state index in [2.05, 4.69) is 5.90 Å². The Morgan fingerprint density at radius 2 is 1.25 bits per heavy atom. The quantitative estimate of drug-likeness (QED) is 0.433. The summed E-state index contributed by atoms with van der Waals surface area (Å²) in [4.78, 5) is 0. The molecule has 0 saturated carbocycles. The number of hydrogen-bond acceptors (Lipinski definition) is 2. The third-order valence-electron chi connectivity index (χ3n) is 0. The van der Waals surface area contributed by atoms with Crippen molar-refractivity contribution in [3.63, 3.8) is 0 Å². The van der Waals surface area contributed by atoms with Crippen LogP contribution in [0, 0.1) is 0 Å². The molecule has 27 valence electrons. The van der Waals surface area contributed by atoms with Crippen molar-refractivity contribution in [2.75, 3.05) is 0 Å². The van der Waals surface area contributed by atoms with Crippen molar-refractivity contribution in [1.82, 2.24) is 0 Å². The molecule has 0 atom stereocenters. The Kier molecular flexibility index (Phi) is 252. The zero-order chi connectivity index (χ0) is 2.00. The van der Waals surface area contributed by atoms with E-state index in [1.165, 1.54) is 0 Å². The van der Waals surface area contributed by atoms with E-state index in [4.69, 9.17) is 5.21 Å². The van der Waals surface area contributed by atoms with Gasteiger partial charge in [-0.2, -0.15) is 0 Å². The molecule has 0 rings (SSSR count). The molecule has 3 N–H and O–H groups in total. The smallest absolute Gasteiger partial charge is 0 e. The van der Waals surface area contributed by atoms with E-state index in [1.54, 1.807) is 0 Å². The summed E-state index contributed by atoms with van der Waals surface area (Å²) in [7, 11) is 0. The maximum absolute atomic E-state index is 6.50. The second-order valence-electron chi connectivity index (χ2n) is 0. The van der Waals surface area contributed by atoms with Gasteiger partial charge in [-0.25, -0.2) is 5.90 Å². The molecule has 0 aliphatic carbocycles. The van der Waals surface area contributed by atoms with Gasteiger partial charge in [-0.1, -0.05) is 0 Å². The maximum atomic E-state index is 6.50. The van der Waals surface area contributed by atoms with Crippen LogP contribution in [0.1, 0.15) is 0 Å². The van der Waals surface area contributed by atoms with Gasteiger partial charge in [0.05, 0.1) is 0 Å². The topological polar surface area (TPSA) is 46.2 Å². The van der Waals surface area contributed by atoms with E-state index in [-0.39, 0.29) is 31.0 Å². The second-order valence-corrected chi connectivity index (χ2v) is 0. The molecule has 0 aliphatic rings.